The van der Waals surface area contributed by atoms with Crippen molar-refractivity contribution < 1.29 is 32.5 Å². The van der Waals surface area contributed by atoms with E-state index in [2.05, 4.69) is 20.2 Å². The van der Waals surface area contributed by atoms with Crippen molar-refractivity contribution in [1.82, 2.24) is 24.7 Å². The second-order valence-electron chi connectivity index (χ2n) is 13.1. The highest BCUT2D eigenvalue weighted by Crippen LogP contribution is 2.39. The number of aromatic nitrogens is 2. The molecule has 0 aliphatic carbocycles. The largest absolute Gasteiger partial charge is 0.457 e. The molecule has 4 aromatic rings. The summed E-state index contributed by atoms with van der Waals surface area (Å²) < 4.78 is 54.0. The predicted octanol–water partition coefficient (Wildman–Crippen LogP) is 5.88. The maximum absolute atomic E-state index is 14.2. The normalized spacial score (nSPS) is 20.0. The van der Waals surface area contributed by atoms with E-state index in [9.17, 15) is 23.1 Å². The molecular formula is C35H39F3N6O4. The molecule has 7 rings (SSSR count). The van der Waals surface area contributed by atoms with Gasteiger partial charge in [0.05, 0.1) is 29.9 Å². The smallest absolute Gasteiger partial charge is 0.416 e. The van der Waals surface area contributed by atoms with Gasteiger partial charge in [0.1, 0.15) is 17.1 Å². The maximum Gasteiger partial charge on any atom is 0.416 e. The lowest BCUT2D eigenvalue weighted by Gasteiger charge is -2.35. The molecule has 0 unspecified atom stereocenters. The molecule has 48 heavy (non-hydrogen) atoms. The molecule has 2 aromatic heterocycles. The Hall–Kier alpha value is -4.17. The van der Waals surface area contributed by atoms with E-state index in [4.69, 9.17) is 9.47 Å². The average molecular weight is 665 g/mol. The second kappa shape index (κ2) is 12.7. The van der Waals surface area contributed by atoms with E-state index in [0.29, 0.717) is 47.9 Å². The fourth-order valence-electron chi connectivity index (χ4n) is 6.74. The zero-order valence-electron chi connectivity index (χ0n) is 26.9. The molecule has 3 aliphatic rings. The summed E-state index contributed by atoms with van der Waals surface area (Å²) >= 11 is 0. The number of fused-ring (bicyclic) bond motifs is 2. The van der Waals surface area contributed by atoms with Crippen molar-refractivity contribution in [3.63, 3.8) is 0 Å². The Balaban J connectivity index is 1.08. The number of benzene rings is 2. The van der Waals surface area contributed by atoms with E-state index in [-0.39, 0.29) is 43.5 Å². The zero-order valence-corrected chi connectivity index (χ0v) is 26.9. The van der Waals surface area contributed by atoms with Gasteiger partial charge in [-0.1, -0.05) is 19.1 Å². The molecule has 2 fully saturated rings. The van der Waals surface area contributed by atoms with Crippen LogP contribution in [-0.4, -0.2) is 88.8 Å². The van der Waals surface area contributed by atoms with Gasteiger partial charge in [-0.25, -0.2) is 9.78 Å². The third-order valence-electron chi connectivity index (χ3n) is 9.70. The predicted molar refractivity (Wildman–Crippen MR) is 174 cm³/mol. The summed E-state index contributed by atoms with van der Waals surface area (Å²) in [5.74, 6) is 1.17. The summed E-state index contributed by atoms with van der Waals surface area (Å²) in [7, 11) is 2.00. The molecular weight excluding hydrogens is 625 g/mol. The first kappa shape index (κ1) is 32.4. The van der Waals surface area contributed by atoms with Crippen LogP contribution >= 0.6 is 0 Å². The molecule has 10 nitrogen and oxygen atoms in total. The number of urea groups is 1. The van der Waals surface area contributed by atoms with Gasteiger partial charge in [-0.2, -0.15) is 13.2 Å². The van der Waals surface area contributed by atoms with Crippen molar-refractivity contribution in [2.45, 2.75) is 44.1 Å². The third kappa shape index (κ3) is 6.47. The minimum absolute atomic E-state index is 0.0514. The number of carbonyl (C=O) groups excluding carboxylic acids is 1. The number of pyridine rings is 1. The number of rotatable bonds is 7. The molecule has 3 aliphatic heterocycles. The lowest BCUT2D eigenvalue weighted by Crippen LogP contribution is -2.46. The topological polar surface area (TPSA) is 106 Å². The minimum atomic E-state index is -4.55. The van der Waals surface area contributed by atoms with Crippen molar-refractivity contribution in [2.75, 3.05) is 58.3 Å². The van der Waals surface area contributed by atoms with Crippen LogP contribution < -0.4 is 10.1 Å². The van der Waals surface area contributed by atoms with Crippen LogP contribution in [0.15, 0.2) is 54.7 Å². The SMILES string of the molecule is CC[C@H]1CN(C(=O)Nc2ccc(CN3CCN(C)CC3)c(C(F)(F)F)c2)Cc2cc(Oc3ccnc4[nH]c(C5(O)COC5)cc34)ccc21. The van der Waals surface area contributed by atoms with Crippen molar-refractivity contribution in [2.24, 2.45) is 0 Å². The molecule has 2 amide bonds. The van der Waals surface area contributed by atoms with Crippen molar-refractivity contribution in [1.29, 1.82) is 0 Å². The summed E-state index contributed by atoms with van der Waals surface area (Å²) in [6.07, 6.45) is -2.15. The number of hydrogen-bond acceptors (Lipinski definition) is 7. The number of nitrogens with one attached hydrogen (secondary N) is 2. The number of anilines is 1. The van der Waals surface area contributed by atoms with E-state index in [0.717, 1.165) is 36.7 Å². The number of likely N-dealkylation sites (N-methyl/N-ethyl adjacent to an activating group) is 1. The molecule has 0 spiro atoms. The van der Waals surface area contributed by atoms with Gasteiger partial charge in [-0.05, 0) is 66.6 Å². The van der Waals surface area contributed by atoms with Crippen LogP contribution in [-0.2, 0) is 29.6 Å². The molecule has 0 bridgehead atoms. The summed E-state index contributed by atoms with van der Waals surface area (Å²) in [6, 6.07) is 13.0. The highest BCUT2D eigenvalue weighted by atomic mass is 19.4. The second-order valence-corrected chi connectivity index (χ2v) is 13.1. The van der Waals surface area contributed by atoms with Gasteiger partial charge in [0.25, 0.3) is 0 Å². The number of H-pyrrole nitrogens is 1. The Bertz CT molecular complexity index is 1820. The fraction of sp³-hybridized carbons (Fsp3) is 0.429. The van der Waals surface area contributed by atoms with E-state index < -0.39 is 23.4 Å². The van der Waals surface area contributed by atoms with Crippen LogP contribution in [0.2, 0.25) is 0 Å². The number of hydrogen-bond donors (Lipinski definition) is 3. The van der Waals surface area contributed by atoms with Crippen LogP contribution in [0.3, 0.4) is 0 Å². The number of ether oxygens (including phenoxy) is 2. The number of aliphatic hydroxyl groups is 1. The van der Waals surface area contributed by atoms with E-state index in [1.807, 2.05) is 43.1 Å². The van der Waals surface area contributed by atoms with Crippen LogP contribution in [0.25, 0.3) is 11.0 Å². The number of carbonyl (C=O) groups is 1. The van der Waals surface area contributed by atoms with E-state index >= 15 is 0 Å². The van der Waals surface area contributed by atoms with Crippen molar-refractivity contribution in [3.05, 3.63) is 82.7 Å². The molecule has 3 N–H and O–H groups in total. The van der Waals surface area contributed by atoms with Crippen molar-refractivity contribution in [3.8, 4) is 11.5 Å². The Morgan fingerprint density at radius 1 is 1.12 bits per heavy atom. The van der Waals surface area contributed by atoms with Gasteiger partial charge in [-0.15, -0.1) is 0 Å². The molecule has 1 atom stereocenters. The van der Waals surface area contributed by atoms with Gasteiger partial charge in [0.2, 0.25) is 0 Å². The first-order valence-electron chi connectivity index (χ1n) is 16.2. The standard InChI is InChI=1S/C35H39F3N6O4/c1-3-22-18-44(33(45)40-25-5-4-23(29(15-25)35(36,37)38)17-43-12-10-42(2)11-13-43)19-24-14-26(6-7-27(22)24)48-30-8-9-39-32-28(30)16-31(41-32)34(46)20-47-21-34/h4-9,14-16,22,46H,3,10-13,17-21H2,1-2H3,(H,39,41)(H,40,45)/t22-/m0/s1. The molecule has 2 aromatic carbocycles. The quantitative estimate of drug-likeness (QED) is 0.227. The third-order valence-corrected chi connectivity index (χ3v) is 9.70. The van der Waals surface area contributed by atoms with Gasteiger partial charge >= 0.3 is 12.2 Å². The summed E-state index contributed by atoms with van der Waals surface area (Å²) in [4.78, 5) is 26.9. The Morgan fingerprint density at radius 2 is 1.92 bits per heavy atom. The van der Waals surface area contributed by atoms with E-state index in [1.54, 1.807) is 23.2 Å². The molecule has 13 heteroatoms. The first-order valence-corrected chi connectivity index (χ1v) is 16.2. The molecule has 0 saturated carbocycles. The summed E-state index contributed by atoms with van der Waals surface area (Å²) in [5, 5.41) is 14.2. The average Bonchev–Trinajstić information content (AvgIpc) is 3.50. The van der Waals surface area contributed by atoms with Crippen LogP contribution in [0.4, 0.5) is 23.7 Å². The number of aromatic amines is 1. The first-order chi connectivity index (χ1) is 23.0. The molecule has 2 saturated heterocycles. The monoisotopic (exact) mass is 664 g/mol. The number of alkyl halides is 3. The Kier molecular flexibility index (Phi) is 8.56. The minimum Gasteiger partial charge on any atom is -0.457 e. The van der Waals surface area contributed by atoms with Gasteiger partial charge < -0.3 is 34.7 Å². The molecule has 5 heterocycles. The van der Waals surface area contributed by atoms with E-state index in [1.165, 1.54) is 6.07 Å². The maximum atomic E-state index is 14.2. The number of halogens is 3. The lowest BCUT2D eigenvalue weighted by molar-refractivity contribution is -0.186. The van der Waals surface area contributed by atoms with Crippen molar-refractivity contribution >= 4 is 22.8 Å². The Labute approximate surface area is 276 Å². The number of piperazine rings is 1. The summed E-state index contributed by atoms with van der Waals surface area (Å²) in [5.41, 5.74) is 1.70. The number of amides is 2. The van der Waals surface area contributed by atoms with Gasteiger partial charge in [0, 0.05) is 63.6 Å². The molecule has 0 radical (unpaired) electrons. The highest BCUT2D eigenvalue weighted by Gasteiger charge is 2.40. The zero-order chi connectivity index (χ0) is 33.6. The summed E-state index contributed by atoms with van der Waals surface area (Å²) in [6.45, 7) is 6.39. The van der Waals surface area contributed by atoms with Crippen LogP contribution in [0.1, 0.15) is 47.2 Å². The lowest BCUT2D eigenvalue weighted by atomic mass is 9.88. The Morgan fingerprint density at radius 3 is 2.62 bits per heavy atom. The number of nitrogens with zero attached hydrogens (tertiary/aromatic N) is 4. The van der Waals surface area contributed by atoms with Crippen LogP contribution in [0, 0.1) is 0 Å². The fourth-order valence-corrected chi connectivity index (χ4v) is 6.74. The molecule has 254 valence electrons. The van der Waals surface area contributed by atoms with Gasteiger partial charge in [0.15, 0.2) is 5.60 Å². The van der Waals surface area contributed by atoms with Crippen LogP contribution in [0.5, 0.6) is 11.5 Å². The highest BCUT2D eigenvalue weighted by molar-refractivity contribution is 5.90. The van der Waals surface area contributed by atoms with Gasteiger partial charge in [-0.3, -0.25) is 4.90 Å².